The number of fused-ring (bicyclic) bond motifs is 3. The molecule has 1 saturated heterocycles. The Balaban J connectivity index is 1.67. The molecular formula is C23H29NO3. The zero-order valence-corrected chi connectivity index (χ0v) is 16.6. The maximum atomic E-state index is 12.7. The summed E-state index contributed by atoms with van der Waals surface area (Å²) in [6.07, 6.45) is 8.45. The Morgan fingerprint density at radius 2 is 1.96 bits per heavy atom. The van der Waals surface area contributed by atoms with Crippen LogP contribution in [0.5, 0.6) is 5.75 Å². The summed E-state index contributed by atoms with van der Waals surface area (Å²) in [6.45, 7) is 5.97. The molecule has 2 aromatic rings. The number of amides is 1. The van der Waals surface area contributed by atoms with Crippen LogP contribution in [0.4, 0.5) is 0 Å². The summed E-state index contributed by atoms with van der Waals surface area (Å²) in [6, 6.07) is 4.13. The van der Waals surface area contributed by atoms with Crippen LogP contribution >= 0.6 is 0 Å². The molecule has 0 bridgehead atoms. The lowest BCUT2D eigenvalue weighted by atomic mass is 9.94. The lowest BCUT2D eigenvalue weighted by Gasteiger charge is -2.29. The van der Waals surface area contributed by atoms with Gasteiger partial charge in [0.05, 0.1) is 7.11 Å². The van der Waals surface area contributed by atoms with E-state index in [2.05, 4.69) is 13.0 Å². The molecule has 2 heterocycles. The fourth-order valence-electron chi connectivity index (χ4n) is 4.35. The Hall–Kier alpha value is -2.23. The lowest BCUT2D eigenvalue weighted by Crippen LogP contribution is -2.36. The van der Waals surface area contributed by atoms with Crippen LogP contribution < -0.4 is 4.74 Å². The predicted octanol–water partition coefficient (Wildman–Crippen LogP) is 4.98. The van der Waals surface area contributed by atoms with Gasteiger partial charge in [-0.05, 0) is 56.6 Å². The summed E-state index contributed by atoms with van der Waals surface area (Å²) in [4.78, 5) is 14.7. The maximum Gasteiger partial charge on any atom is 0.246 e. The van der Waals surface area contributed by atoms with E-state index in [1.165, 1.54) is 23.8 Å². The number of nitrogens with zero attached hydrogens (tertiary/aromatic N) is 1. The van der Waals surface area contributed by atoms with Crippen molar-refractivity contribution in [3.63, 3.8) is 0 Å². The summed E-state index contributed by atoms with van der Waals surface area (Å²) in [7, 11) is 1.68. The number of furan rings is 1. The normalized spacial score (nSPS) is 18.6. The molecule has 1 amide bonds. The van der Waals surface area contributed by atoms with Crippen LogP contribution in [0.1, 0.15) is 56.4 Å². The number of rotatable bonds is 3. The smallest absolute Gasteiger partial charge is 0.246 e. The molecule has 1 aromatic heterocycles. The van der Waals surface area contributed by atoms with Gasteiger partial charge in [-0.1, -0.05) is 6.92 Å². The number of carbonyl (C=O) groups excluding carboxylic acids is 1. The Kier molecular flexibility index (Phi) is 4.98. The zero-order chi connectivity index (χ0) is 19.0. The largest absolute Gasteiger partial charge is 0.496 e. The third-order valence-electron chi connectivity index (χ3n) is 6.14. The monoisotopic (exact) mass is 367 g/mol. The average Bonchev–Trinajstić information content (AvgIpc) is 3.04. The quantitative estimate of drug-likeness (QED) is 0.719. The van der Waals surface area contributed by atoms with Gasteiger partial charge in [0.1, 0.15) is 17.1 Å². The number of likely N-dealkylation sites (tertiary alicyclic amines) is 1. The van der Waals surface area contributed by atoms with Gasteiger partial charge in [0.2, 0.25) is 5.91 Å². The molecule has 27 heavy (non-hydrogen) atoms. The zero-order valence-electron chi connectivity index (χ0n) is 16.6. The van der Waals surface area contributed by atoms with Gasteiger partial charge < -0.3 is 14.1 Å². The minimum Gasteiger partial charge on any atom is -0.496 e. The third-order valence-corrected chi connectivity index (χ3v) is 6.14. The first kappa shape index (κ1) is 18.1. The molecule has 0 saturated carbocycles. The van der Waals surface area contributed by atoms with Crippen molar-refractivity contribution in [1.82, 2.24) is 4.90 Å². The molecular weight excluding hydrogens is 338 g/mol. The van der Waals surface area contributed by atoms with Crippen LogP contribution in [0.15, 0.2) is 22.6 Å². The molecule has 0 atom stereocenters. The van der Waals surface area contributed by atoms with Crippen molar-refractivity contribution in [2.45, 2.75) is 52.4 Å². The van der Waals surface area contributed by atoms with Crippen molar-refractivity contribution in [2.24, 2.45) is 5.92 Å². The molecule has 4 nitrogen and oxygen atoms in total. The third kappa shape index (κ3) is 3.50. The fraction of sp³-hybridized carbons (Fsp3) is 0.522. The molecule has 1 fully saturated rings. The van der Waals surface area contributed by atoms with E-state index in [-0.39, 0.29) is 5.91 Å². The highest BCUT2D eigenvalue weighted by atomic mass is 16.5. The average molecular weight is 367 g/mol. The standard InChI is InChI=1S/C23H29NO3/c1-15-8-10-24(11-9-15)23(25)12-16(2)18-13-19-17-6-4-5-7-20(17)27-22(19)14-21(18)26-3/h12-15H,4-11H2,1-3H3/b16-12+. The molecule has 1 aliphatic carbocycles. The van der Waals surface area contributed by atoms with E-state index in [1.807, 2.05) is 17.9 Å². The number of piperidine rings is 1. The Morgan fingerprint density at radius 3 is 2.70 bits per heavy atom. The topological polar surface area (TPSA) is 42.7 Å². The van der Waals surface area contributed by atoms with E-state index in [0.717, 1.165) is 67.0 Å². The molecule has 0 radical (unpaired) electrons. The van der Waals surface area contributed by atoms with Crippen LogP contribution in [0.3, 0.4) is 0 Å². The molecule has 4 heteroatoms. The highest BCUT2D eigenvalue weighted by Crippen LogP contribution is 2.38. The summed E-state index contributed by atoms with van der Waals surface area (Å²) in [5.41, 5.74) is 4.16. The van der Waals surface area contributed by atoms with E-state index in [1.54, 1.807) is 13.2 Å². The van der Waals surface area contributed by atoms with E-state index >= 15 is 0 Å². The summed E-state index contributed by atoms with van der Waals surface area (Å²) in [5, 5.41) is 1.17. The molecule has 0 N–H and O–H groups in total. The van der Waals surface area contributed by atoms with E-state index in [0.29, 0.717) is 5.92 Å². The first-order valence-electron chi connectivity index (χ1n) is 10.2. The van der Waals surface area contributed by atoms with E-state index in [4.69, 9.17) is 9.15 Å². The van der Waals surface area contributed by atoms with Gasteiger partial charge in [-0.2, -0.15) is 0 Å². The van der Waals surface area contributed by atoms with Gasteiger partial charge in [-0.25, -0.2) is 0 Å². The Morgan fingerprint density at radius 1 is 1.22 bits per heavy atom. The van der Waals surface area contributed by atoms with E-state index < -0.39 is 0 Å². The maximum absolute atomic E-state index is 12.7. The second-order valence-electron chi connectivity index (χ2n) is 8.09. The van der Waals surface area contributed by atoms with Crippen LogP contribution in [0, 0.1) is 5.92 Å². The highest BCUT2D eigenvalue weighted by Gasteiger charge is 2.22. The van der Waals surface area contributed by atoms with Crippen molar-refractivity contribution in [3.05, 3.63) is 35.1 Å². The number of hydrogen-bond donors (Lipinski definition) is 0. The first-order chi connectivity index (χ1) is 13.1. The Labute approximate surface area is 161 Å². The van der Waals surface area contributed by atoms with E-state index in [9.17, 15) is 4.79 Å². The number of allylic oxidation sites excluding steroid dienone is 1. The van der Waals surface area contributed by atoms with Crippen molar-refractivity contribution in [1.29, 1.82) is 0 Å². The van der Waals surface area contributed by atoms with Crippen LogP contribution in [0.25, 0.3) is 16.5 Å². The van der Waals surface area contributed by atoms with Crippen molar-refractivity contribution in [2.75, 3.05) is 20.2 Å². The first-order valence-corrected chi connectivity index (χ1v) is 10.2. The van der Waals surface area contributed by atoms with Gasteiger partial charge >= 0.3 is 0 Å². The van der Waals surface area contributed by atoms with Crippen LogP contribution in [-0.4, -0.2) is 31.0 Å². The van der Waals surface area contributed by atoms with Gasteiger partial charge in [-0.3, -0.25) is 4.79 Å². The number of carbonyl (C=O) groups is 1. The van der Waals surface area contributed by atoms with Gasteiger partial charge in [0.15, 0.2) is 0 Å². The molecule has 144 valence electrons. The second kappa shape index (κ2) is 7.41. The highest BCUT2D eigenvalue weighted by molar-refractivity contribution is 5.97. The molecule has 0 spiro atoms. The summed E-state index contributed by atoms with van der Waals surface area (Å²) in [5.74, 6) is 2.71. The number of aryl methyl sites for hydroxylation is 2. The Bertz CT molecular complexity index is 885. The van der Waals surface area contributed by atoms with Crippen molar-refractivity contribution in [3.8, 4) is 5.75 Å². The van der Waals surface area contributed by atoms with Gasteiger partial charge in [-0.15, -0.1) is 0 Å². The van der Waals surface area contributed by atoms with Crippen LogP contribution in [0.2, 0.25) is 0 Å². The van der Waals surface area contributed by atoms with Crippen LogP contribution in [-0.2, 0) is 17.6 Å². The number of benzene rings is 1. The SMILES string of the molecule is COc1cc2oc3c(c2cc1/C(C)=C/C(=O)N1CCC(C)CC1)CCCC3. The minimum atomic E-state index is 0.107. The summed E-state index contributed by atoms with van der Waals surface area (Å²) < 4.78 is 11.7. The molecule has 1 aromatic carbocycles. The molecule has 4 rings (SSSR count). The lowest BCUT2D eigenvalue weighted by molar-refractivity contribution is -0.127. The summed E-state index contributed by atoms with van der Waals surface area (Å²) >= 11 is 0. The minimum absolute atomic E-state index is 0.107. The predicted molar refractivity (Wildman–Crippen MR) is 108 cm³/mol. The molecule has 1 aliphatic heterocycles. The van der Waals surface area contributed by atoms with Crippen molar-refractivity contribution >= 4 is 22.4 Å². The number of methoxy groups -OCH3 is 1. The second-order valence-corrected chi connectivity index (χ2v) is 8.09. The number of hydrogen-bond acceptors (Lipinski definition) is 3. The molecule has 0 unspecified atom stereocenters. The fourth-order valence-corrected chi connectivity index (χ4v) is 4.35. The number of ether oxygens (including phenoxy) is 1. The molecule has 2 aliphatic rings. The van der Waals surface area contributed by atoms with Gasteiger partial charge in [0.25, 0.3) is 0 Å². The van der Waals surface area contributed by atoms with Gasteiger partial charge in [0, 0.05) is 48.2 Å². The van der Waals surface area contributed by atoms with Crippen molar-refractivity contribution < 1.29 is 13.9 Å².